The van der Waals surface area contributed by atoms with Gasteiger partial charge in [0.25, 0.3) is 11.7 Å². The highest BCUT2D eigenvalue weighted by molar-refractivity contribution is 6.06. The van der Waals surface area contributed by atoms with Crippen LogP contribution >= 0.6 is 0 Å². The Bertz CT molecular complexity index is 593. The Kier molecular flexibility index (Phi) is 6.13. The third-order valence-electron chi connectivity index (χ3n) is 5.25. The molecule has 0 saturated carbocycles. The molecule has 0 radical (unpaired) electrons. The van der Waals surface area contributed by atoms with Gasteiger partial charge in [-0.05, 0) is 25.5 Å². The largest absolute Gasteiger partial charge is 0.336 e. The summed E-state index contributed by atoms with van der Waals surface area (Å²) >= 11 is 0. The number of benzene rings is 1. The quantitative estimate of drug-likeness (QED) is 0.610. The predicted octanol–water partition coefficient (Wildman–Crippen LogP) is 4.68. The fraction of sp³-hybridized carbons (Fsp3) is 0.667. The number of carbonyl (C=O) groups excluding carboxylic acids is 1. The van der Waals surface area contributed by atoms with E-state index in [9.17, 15) is 4.79 Å². The molecule has 0 atom stereocenters. The first kappa shape index (κ1) is 18.4. The zero-order valence-electron chi connectivity index (χ0n) is 15.7. The first-order valence-corrected chi connectivity index (χ1v) is 9.90. The lowest BCUT2D eigenvalue weighted by Gasteiger charge is -2.22. The fourth-order valence-corrected chi connectivity index (χ4v) is 3.87. The number of carbonyl (C=O) groups is 1. The maximum atomic E-state index is 13.0. The van der Waals surface area contributed by atoms with Crippen molar-refractivity contribution >= 4 is 11.6 Å². The van der Waals surface area contributed by atoms with Crippen molar-refractivity contribution in [3.8, 4) is 0 Å². The van der Waals surface area contributed by atoms with Crippen LogP contribution in [-0.4, -0.2) is 25.7 Å². The zero-order chi connectivity index (χ0) is 17.7. The van der Waals surface area contributed by atoms with Crippen LogP contribution in [0.25, 0.3) is 0 Å². The molecule has 4 nitrogen and oxygen atoms in total. The third kappa shape index (κ3) is 3.75. The van der Waals surface area contributed by atoms with E-state index in [2.05, 4.69) is 13.0 Å². The lowest BCUT2D eigenvalue weighted by atomic mass is 10.0. The number of ether oxygens (including phenoxy) is 2. The summed E-state index contributed by atoms with van der Waals surface area (Å²) in [7, 11) is 0. The van der Waals surface area contributed by atoms with E-state index >= 15 is 0 Å². The van der Waals surface area contributed by atoms with Crippen LogP contribution in [0.15, 0.2) is 18.2 Å². The van der Waals surface area contributed by atoms with Crippen LogP contribution in [0.5, 0.6) is 0 Å². The summed E-state index contributed by atoms with van der Waals surface area (Å²) in [6.45, 7) is 5.99. The van der Waals surface area contributed by atoms with Gasteiger partial charge in [0.2, 0.25) is 0 Å². The summed E-state index contributed by atoms with van der Waals surface area (Å²) in [5, 5.41) is 0. The van der Waals surface area contributed by atoms with Gasteiger partial charge in [-0.15, -0.1) is 0 Å². The number of anilines is 1. The van der Waals surface area contributed by atoms with E-state index in [4.69, 9.17) is 9.47 Å². The van der Waals surface area contributed by atoms with Crippen LogP contribution in [0.4, 0.5) is 5.69 Å². The minimum atomic E-state index is -1.18. The van der Waals surface area contributed by atoms with Crippen molar-refractivity contribution in [2.75, 3.05) is 24.7 Å². The summed E-state index contributed by atoms with van der Waals surface area (Å²) in [4.78, 5) is 14.9. The first-order valence-electron chi connectivity index (χ1n) is 9.90. The average molecular weight is 345 g/mol. The molecule has 0 N–H and O–H groups in total. The number of hydrogen-bond donors (Lipinski definition) is 0. The monoisotopic (exact) mass is 345 g/mol. The molecular weight excluding hydrogens is 314 g/mol. The average Bonchev–Trinajstić information content (AvgIpc) is 3.18. The number of rotatable bonds is 9. The number of amides is 1. The molecular formula is C21H31NO3. The standard InChI is InChI=1S/C21H31NO3/c1-3-4-5-6-7-8-9-10-13-22-19-12-11-17(2)16-18(19)21(20(22)23)24-14-15-25-21/h11-12,16H,3-10,13-15H2,1-2H3. The van der Waals surface area contributed by atoms with Gasteiger partial charge >= 0.3 is 0 Å². The molecule has 1 spiro atoms. The second-order valence-corrected chi connectivity index (χ2v) is 7.27. The van der Waals surface area contributed by atoms with Crippen molar-refractivity contribution in [3.05, 3.63) is 29.3 Å². The van der Waals surface area contributed by atoms with E-state index in [1.807, 2.05) is 24.0 Å². The van der Waals surface area contributed by atoms with E-state index in [0.717, 1.165) is 29.8 Å². The van der Waals surface area contributed by atoms with Crippen molar-refractivity contribution in [2.24, 2.45) is 0 Å². The summed E-state index contributed by atoms with van der Waals surface area (Å²) < 4.78 is 11.6. The Morgan fingerprint density at radius 3 is 2.32 bits per heavy atom. The minimum Gasteiger partial charge on any atom is -0.336 e. The lowest BCUT2D eigenvalue weighted by molar-refractivity contribution is -0.180. The van der Waals surface area contributed by atoms with E-state index in [1.165, 1.54) is 44.9 Å². The molecule has 1 amide bonds. The maximum Gasteiger partial charge on any atom is 0.292 e. The van der Waals surface area contributed by atoms with Gasteiger partial charge in [0, 0.05) is 12.1 Å². The Hall–Kier alpha value is -1.39. The molecule has 1 fully saturated rings. The highest BCUT2D eigenvalue weighted by Crippen LogP contribution is 2.46. The molecule has 138 valence electrons. The number of aryl methyl sites for hydroxylation is 1. The molecule has 2 aliphatic heterocycles. The van der Waals surface area contributed by atoms with E-state index in [1.54, 1.807) is 0 Å². The Morgan fingerprint density at radius 2 is 1.64 bits per heavy atom. The van der Waals surface area contributed by atoms with Crippen molar-refractivity contribution in [1.29, 1.82) is 0 Å². The van der Waals surface area contributed by atoms with Crippen molar-refractivity contribution < 1.29 is 14.3 Å². The van der Waals surface area contributed by atoms with Crippen LogP contribution in [0.2, 0.25) is 0 Å². The van der Waals surface area contributed by atoms with Gasteiger partial charge in [-0.25, -0.2) is 0 Å². The predicted molar refractivity (Wildman–Crippen MR) is 99.7 cm³/mol. The maximum absolute atomic E-state index is 13.0. The molecule has 4 heteroatoms. The summed E-state index contributed by atoms with van der Waals surface area (Å²) in [6, 6.07) is 6.13. The lowest BCUT2D eigenvalue weighted by Crippen LogP contribution is -2.41. The summed E-state index contributed by atoms with van der Waals surface area (Å²) in [5.41, 5.74) is 2.97. The van der Waals surface area contributed by atoms with Crippen molar-refractivity contribution in [1.82, 2.24) is 0 Å². The number of hydrogen-bond acceptors (Lipinski definition) is 3. The smallest absolute Gasteiger partial charge is 0.292 e. The molecule has 0 bridgehead atoms. The molecule has 0 aliphatic carbocycles. The van der Waals surface area contributed by atoms with E-state index in [0.29, 0.717) is 13.2 Å². The number of fused-ring (bicyclic) bond motifs is 2. The van der Waals surface area contributed by atoms with Gasteiger partial charge < -0.3 is 14.4 Å². The van der Waals surface area contributed by atoms with Gasteiger partial charge in [0.05, 0.1) is 18.9 Å². The summed E-state index contributed by atoms with van der Waals surface area (Å²) in [6.07, 6.45) is 10.1. The van der Waals surface area contributed by atoms with Crippen LogP contribution in [-0.2, 0) is 20.1 Å². The Balaban J connectivity index is 1.57. The van der Waals surface area contributed by atoms with E-state index < -0.39 is 5.79 Å². The van der Waals surface area contributed by atoms with Crippen LogP contribution in [0.1, 0.15) is 69.4 Å². The molecule has 1 aromatic carbocycles. The normalized spacial score (nSPS) is 18.3. The third-order valence-corrected chi connectivity index (χ3v) is 5.25. The topological polar surface area (TPSA) is 38.8 Å². The Labute approximate surface area is 151 Å². The van der Waals surface area contributed by atoms with Crippen LogP contribution in [0.3, 0.4) is 0 Å². The van der Waals surface area contributed by atoms with Gasteiger partial charge in [0.1, 0.15) is 0 Å². The second kappa shape index (κ2) is 8.33. The van der Waals surface area contributed by atoms with Gasteiger partial charge in [-0.3, -0.25) is 4.79 Å². The second-order valence-electron chi connectivity index (χ2n) is 7.27. The highest BCUT2D eigenvalue weighted by atomic mass is 16.7. The van der Waals surface area contributed by atoms with Crippen molar-refractivity contribution in [2.45, 2.75) is 71.0 Å². The molecule has 2 aliphatic rings. The van der Waals surface area contributed by atoms with Crippen LogP contribution < -0.4 is 4.90 Å². The molecule has 0 aromatic heterocycles. The number of unbranched alkanes of at least 4 members (excludes halogenated alkanes) is 7. The van der Waals surface area contributed by atoms with Gasteiger partial charge in [-0.1, -0.05) is 63.5 Å². The molecule has 2 heterocycles. The zero-order valence-corrected chi connectivity index (χ0v) is 15.7. The molecule has 25 heavy (non-hydrogen) atoms. The minimum absolute atomic E-state index is 0.0476. The summed E-state index contributed by atoms with van der Waals surface area (Å²) in [5.74, 6) is -1.23. The van der Waals surface area contributed by atoms with Gasteiger partial charge in [-0.2, -0.15) is 0 Å². The fourth-order valence-electron chi connectivity index (χ4n) is 3.87. The van der Waals surface area contributed by atoms with E-state index in [-0.39, 0.29) is 5.91 Å². The van der Waals surface area contributed by atoms with Crippen LogP contribution in [0, 0.1) is 6.92 Å². The van der Waals surface area contributed by atoms with Crippen molar-refractivity contribution in [3.63, 3.8) is 0 Å². The highest BCUT2D eigenvalue weighted by Gasteiger charge is 2.55. The molecule has 1 aromatic rings. The Morgan fingerprint density at radius 1 is 1.00 bits per heavy atom. The molecule has 3 rings (SSSR count). The first-order chi connectivity index (χ1) is 12.2. The number of nitrogens with zero attached hydrogens (tertiary/aromatic N) is 1. The molecule has 1 saturated heterocycles. The van der Waals surface area contributed by atoms with Gasteiger partial charge in [0.15, 0.2) is 0 Å². The SMILES string of the molecule is CCCCCCCCCCN1C(=O)C2(OCCO2)c2cc(C)ccc21. The molecule has 0 unspecified atom stereocenters.